The molecule has 2 aliphatic rings. The zero-order chi connectivity index (χ0) is 15.9. The second-order valence-electron chi connectivity index (χ2n) is 5.80. The van der Waals surface area contributed by atoms with Crippen molar-refractivity contribution in [2.45, 2.75) is 13.0 Å². The van der Waals surface area contributed by atoms with Crippen LogP contribution in [-0.2, 0) is 11.3 Å². The molecule has 8 heteroatoms. The zero-order valence-corrected chi connectivity index (χ0v) is 16.9. The van der Waals surface area contributed by atoms with Crippen molar-refractivity contribution in [2.24, 2.45) is 16.6 Å². The van der Waals surface area contributed by atoms with Gasteiger partial charge in [0, 0.05) is 48.9 Å². The number of thioether (sulfide) groups is 1. The Balaban J connectivity index is 0.00000208. The normalized spacial score (nSPS) is 21.4. The quantitative estimate of drug-likeness (QED) is 0.408. The average Bonchev–Trinajstić information content (AvgIpc) is 3.13. The van der Waals surface area contributed by atoms with Gasteiger partial charge in [-0.25, -0.2) is 4.99 Å². The Morgan fingerprint density at radius 2 is 2.29 bits per heavy atom. The van der Waals surface area contributed by atoms with Crippen LogP contribution in [0.25, 0.3) is 0 Å². The topological polar surface area (TPSA) is 73.0 Å². The fourth-order valence-electron chi connectivity index (χ4n) is 2.65. The lowest BCUT2D eigenvalue weighted by Crippen LogP contribution is -2.42. The molecule has 2 fully saturated rings. The molecule has 2 saturated heterocycles. The minimum atomic E-state index is 0. The number of ether oxygens (including phenoxy) is 2. The van der Waals surface area contributed by atoms with E-state index >= 15 is 0 Å². The van der Waals surface area contributed by atoms with Crippen LogP contribution in [0.15, 0.2) is 23.5 Å². The molecule has 0 aliphatic carbocycles. The van der Waals surface area contributed by atoms with Gasteiger partial charge in [0.25, 0.3) is 0 Å². The van der Waals surface area contributed by atoms with Crippen LogP contribution >= 0.6 is 35.7 Å². The van der Waals surface area contributed by atoms with Gasteiger partial charge in [-0.3, -0.25) is 4.98 Å². The molecule has 2 aliphatic heterocycles. The Hall–Kier alpha value is -0.740. The maximum atomic E-state index is 6.11. The molecule has 1 aromatic rings. The minimum absolute atomic E-state index is 0. The fourth-order valence-corrected chi connectivity index (χ4v) is 3.55. The summed E-state index contributed by atoms with van der Waals surface area (Å²) in [5, 5.41) is 0. The maximum Gasteiger partial charge on any atom is 0.191 e. The van der Waals surface area contributed by atoms with Gasteiger partial charge in [-0.15, -0.1) is 24.0 Å². The van der Waals surface area contributed by atoms with Gasteiger partial charge >= 0.3 is 0 Å². The second-order valence-corrected chi connectivity index (χ2v) is 7.02. The highest BCUT2D eigenvalue weighted by molar-refractivity contribution is 14.0. The summed E-state index contributed by atoms with van der Waals surface area (Å²) in [6.45, 7) is 4.76. The van der Waals surface area contributed by atoms with Crippen molar-refractivity contribution in [3.8, 4) is 5.75 Å². The number of guanidine groups is 1. The van der Waals surface area contributed by atoms with Crippen LogP contribution in [0.4, 0.5) is 0 Å². The van der Waals surface area contributed by atoms with Gasteiger partial charge in [-0.1, -0.05) is 0 Å². The van der Waals surface area contributed by atoms with E-state index in [0.29, 0.717) is 25.0 Å². The van der Waals surface area contributed by atoms with E-state index in [1.54, 1.807) is 12.4 Å². The molecule has 1 unspecified atom stereocenters. The molecule has 1 aromatic heterocycles. The first-order valence-corrected chi connectivity index (χ1v) is 9.24. The van der Waals surface area contributed by atoms with Gasteiger partial charge in [-0.2, -0.15) is 11.8 Å². The number of nitrogens with zero attached hydrogens (tertiary/aromatic N) is 3. The average molecular weight is 464 g/mol. The third-order valence-electron chi connectivity index (χ3n) is 4.12. The number of hydrogen-bond donors (Lipinski definition) is 1. The van der Waals surface area contributed by atoms with Gasteiger partial charge < -0.3 is 20.1 Å². The van der Waals surface area contributed by atoms with Crippen LogP contribution in [0.3, 0.4) is 0 Å². The van der Waals surface area contributed by atoms with E-state index in [1.807, 2.05) is 17.8 Å². The maximum absolute atomic E-state index is 6.11. The summed E-state index contributed by atoms with van der Waals surface area (Å²) in [6.07, 6.45) is 4.59. The Kier molecular flexibility index (Phi) is 8.40. The number of rotatable bonds is 5. The number of nitrogens with two attached hydrogens (primary N) is 1. The van der Waals surface area contributed by atoms with Crippen molar-refractivity contribution in [3.05, 3.63) is 24.0 Å². The number of halogens is 1. The number of aromatic nitrogens is 1. The first-order valence-electron chi connectivity index (χ1n) is 8.09. The predicted molar refractivity (Wildman–Crippen MR) is 108 cm³/mol. The van der Waals surface area contributed by atoms with Gasteiger partial charge in [0.2, 0.25) is 0 Å². The number of pyridine rings is 1. The first kappa shape index (κ1) is 19.6. The van der Waals surface area contributed by atoms with E-state index in [1.165, 1.54) is 0 Å². The zero-order valence-electron chi connectivity index (χ0n) is 13.7. The molecule has 0 radical (unpaired) electrons. The van der Waals surface area contributed by atoms with Crippen molar-refractivity contribution < 1.29 is 9.47 Å². The Labute approximate surface area is 164 Å². The molecule has 0 aromatic carbocycles. The fraction of sp³-hybridized carbons (Fsp3) is 0.625. The lowest BCUT2D eigenvalue weighted by atomic mass is 10.1. The molecule has 0 amide bonds. The van der Waals surface area contributed by atoms with Crippen LogP contribution in [0, 0.1) is 5.92 Å². The van der Waals surface area contributed by atoms with Gasteiger partial charge in [-0.05, 0) is 12.5 Å². The highest BCUT2D eigenvalue weighted by Crippen LogP contribution is 2.20. The summed E-state index contributed by atoms with van der Waals surface area (Å²) >= 11 is 1.96. The highest BCUT2D eigenvalue weighted by Gasteiger charge is 2.17. The van der Waals surface area contributed by atoms with Gasteiger partial charge in [0.05, 0.1) is 26.0 Å². The summed E-state index contributed by atoms with van der Waals surface area (Å²) in [5.41, 5.74) is 7.14. The van der Waals surface area contributed by atoms with Crippen LogP contribution in [-0.4, -0.2) is 60.3 Å². The van der Waals surface area contributed by atoms with Crippen molar-refractivity contribution in [2.75, 3.05) is 44.4 Å². The monoisotopic (exact) mass is 464 g/mol. The standard InChI is InChI=1S/C16H24N4O2S.HI/c17-16(20-4-7-23-8-5-20)19-9-14-1-3-18-10-15(14)22-12-13-2-6-21-11-13;/h1,3,10,13H,2,4-9,11-12H2,(H2,17,19);1H. The van der Waals surface area contributed by atoms with Crippen molar-refractivity contribution in [1.29, 1.82) is 0 Å². The summed E-state index contributed by atoms with van der Waals surface area (Å²) < 4.78 is 11.3. The van der Waals surface area contributed by atoms with E-state index in [2.05, 4.69) is 14.9 Å². The number of hydrogen-bond acceptors (Lipinski definition) is 5. The summed E-state index contributed by atoms with van der Waals surface area (Å²) in [4.78, 5) is 10.8. The van der Waals surface area contributed by atoms with Crippen molar-refractivity contribution in [1.82, 2.24) is 9.88 Å². The van der Waals surface area contributed by atoms with E-state index in [9.17, 15) is 0 Å². The summed E-state index contributed by atoms with van der Waals surface area (Å²) in [6, 6.07) is 1.95. The molecule has 3 heterocycles. The summed E-state index contributed by atoms with van der Waals surface area (Å²) in [7, 11) is 0. The van der Waals surface area contributed by atoms with Gasteiger partial charge in [0.15, 0.2) is 5.96 Å². The van der Waals surface area contributed by atoms with Crippen LogP contribution in [0.5, 0.6) is 5.75 Å². The van der Waals surface area contributed by atoms with Crippen molar-refractivity contribution in [3.63, 3.8) is 0 Å². The molecule has 0 saturated carbocycles. The summed E-state index contributed by atoms with van der Waals surface area (Å²) in [5.74, 6) is 4.12. The molecule has 1 atom stereocenters. The van der Waals surface area contributed by atoms with Crippen LogP contribution in [0.2, 0.25) is 0 Å². The van der Waals surface area contributed by atoms with E-state index in [4.69, 9.17) is 15.2 Å². The van der Waals surface area contributed by atoms with Crippen LogP contribution < -0.4 is 10.5 Å². The third-order valence-corrected chi connectivity index (χ3v) is 5.06. The second kappa shape index (κ2) is 10.3. The largest absolute Gasteiger partial charge is 0.491 e. The minimum Gasteiger partial charge on any atom is -0.491 e. The predicted octanol–water partition coefficient (Wildman–Crippen LogP) is 1.98. The Bertz CT molecular complexity index is 535. The SMILES string of the molecule is I.NC(=NCc1ccncc1OCC1CCOC1)N1CCSCC1. The highest BCUT2D eigenvalue weighted by atomic mass is 127. The smallest absolute Gasteiger partial charge is 0.191 e. The van der Waals surface area contributed by atoms with Gasteiger partial charge in [0.1, 0.15) is 5.75 Å². The first-order chi connectivity index (χ1) is 11.3. The molecule has 3 rings (SSSR count). The molecule has 0 bridgehead atoms. The lowest BCUT2D eigenvalue weighted by Gasteiger charge is -2.27. The van der Waals surface area contributed by atoms with E-state index in [-0.39, 0.29) is 24.0 Å². The molecule has 6 nitrogen and oxygen atoms in total. The number of aliphatic imine (C=N–C) groups is 1. The molecule has 2 N–H and O–H groups in total. The van der Waals surface area contributed by atoms with Crippen LogP contribution in [0.1, 0.15) is 12.0 Å². The molecule has 134 valence electrons. The third kappa shape index (κ3) is 5.66. The molecular formula is C16H25IN4O2S. The molecule has 24 heavy (non-hydrogen) atoms. The lowest BCUT2D eigenvalue weighted by molar-refractivity contribution is 0.166. The molecule has 0 spiro atoms. The Morgan fingerprint density at radius 1 is 1.46 bits per heavy atom. The Morgan fingerprint density at radius 3 is 3.04 bits per heavy atom. The van der Waals surface area contributed by atoms with Crippen molar-refractivity contribution >= 4 is 41.7 Å². The van der Waals surface area contributed by atoms with E-state index < -0.39 is 0 Å². The van der Waals surface area contributed by atoms with E-state index in [0.717, 1.165) is 55.5 Å². The molecular weight excluding hydrogens is 439 g/mol.